The maximum absolute atomic E-state index is 12.4. The number of Topliss-reactive ketones (excluding diaryl/α,β-unsaturated/α-hetero) is 6. The highest BCUT2D eigenvalue weighted by Gasteiger charge is 2.32. The molecule has 0 spiro atoms. The van der Waals surface area contributed by atoms with Gasteiger partial charge in [0.2, 0.25) is 5.91 Å². The second-order valence-electron chi connectivity index (χ2n) is 36.3. The number of carboxylic acids is 2. The highest BCUT2D eigenvalue weighted by Crippen LogP contribution is 2.46. The minimum absolute atomic E-state index is 0.0222. The number of ether oxygens (including phenoxy) is 8. The predicted octanol–water partition coefficient (Wildman–Crippen LogP) is 25.7. The molecular weight excluding hydrogens is 1880 g/mol. The first-order valence-corrected chi connectivity index (χ1v) is 55.3. The Morgan fingerprint density at radius 2 is 0.652 bits per heavy atom. The molecule has 4 aromatic carbocycles. The molecule has 4 aromatic rings. The summed E-state index contributed by atoms with van der Waals surface area (Å²) >= 11 is 6.07. The molecule has 0 saturated carbocycles. The summed E-state index contributed by atoms with van der Waals surface area (Å²) in [4.78, 5) is 130. The van der Waals surface area contributed by atoms with Crippen molar-refractivity contribution in [3.8, 4) is 22.3 Å². The zero-order chi connectivity index (χ0) is 101. The number of halogens is 2. The molecule has 6 rings (SSSR count). The van der Waals surface area contributed by atoms with Gasteiger partial charge in [-0.05, 0) is 116 Å². The molecule has 3 amide bonds. The summed E-state index contributed by atoms with van der Waals surface area (Å²) in [6.07, 6.45) is 46.8. The Bertz CT molecular complexity index is 3790. The maximum Gasteiger partial charge on any atom is 0.407 e. The Kier molecular flexibility index (Phi) is 80.2. The normalized spacial score (nSPS) is 12.2. The van der Waals surface area contributed by atoms with E-state index in [1.165, 1.54) is 193 Å². The quantitative estimate of drug-likeness (QED) is 0.0202. The number of benzene rings is 4. The van der Waals surface area contributed by atoms with E-state index in [0.717, 1.165) is 70.6 Å². The highest BCUT2D eigenvalue weighted by atomic mass is 79.9. The van der Waals surface area contributed by atoms with Gasteiger partial charge in [0.05, 0.1) is 89.8 Å². The number of carboxylic acid groups (broad SMARTS) is 2. The van der Waals surface area contributed by atoms with Gasteiger partial charge in [-0.15, -0.1) is 0 Å². The van der Waals surface area contributed by atoms with Crippen LogP contribution >= 0.6 is 31.9 Å². The van der Waals surface area contributed by atoms with Crippen LogP contribution in [-0.2, 0) is 81.0 Å². The molecule has 0 saturated heterocycles. The average molecular weight is 2060 g/mol. The number of ketones is 6. The Morgan fingerprint density at radius 1 is 0.319 bits per heavy atom. The molecule has 0 fully saturated rings. The average Bonchev–Trinajstić information content (AvgIpc) is 1.62. The third kappa shape index (κ3) is 64.2. The Hall–Kier alpha value is -7.43. The van der Waals surface area contributed by atoms with Gasteiger partial charge in [-0.3, -0.25) is 43.2 Å². The van der Waals surface area contributed by atoms with Gasteiger partial charge in [0.25, 0.3) is 0 Å². The molecule has 3 atom stereocenters. The van der Waals surface area contributed by atoms with E-state index in [1.807, 2.05) is 54.4 Å². The lowest BCUT2D eigenvalue weighted by molar-refractivity contribution is -0.144. The molecule has 0 radical (unpaired) electrons. The van der Waals surface area contributed by atoms with Gasteiger partial charge in [0.15, 0.2) is 5.78 Å². The molecule has 24 nitrogen and oxygen atoms in total. The Morgan fingerprint density at radius 3 is 1.05 bits per heavy atom. The summed E-state index contributed by atoms with van der Waals surface area (Å²) in [6.45, 7) is 17.7. The van der Waals surface area contributed by atoms with E-state index >= 15 is 0 Å². The van der Waals surface area contributed by atoms with Gasteiger partial charge in [0.1, 0.15) is 42.1 Å². The molecule has 0 heterocycles. The molecule has 0 aromatic heterocycles. The fourth-order valence-corrected chi connectivity index (χ4v) is 17.0. The number of amides is 3. The third-order valence-corrected chi connectivity index (χ3v) is 25.4. The van der Waals surface area contributed by atoms with Crippen LogP contribution < -0.4 is 16.0 Å². The van der Waals surface area contributed by atoms with Gasteiger partial charge in [-0.2, -0.15) is 0 Å². The van der Waals surface area contributed by atoms with Crippen LogP contribution in [0.5, 0.6) is 0 Å². The van der Waals surface area contributed by atoms with E-state index in [-0.39, 0.29) is 98.3 Å². The largest absolute Gasteiger partial charge is 0.481 e. The van der Waals surface area contributed by atoms with Crippen molar-refractivity contribution in [3.63, 3.8) is 0 Å². The lowest BCUT2D eigenvalue weighted by atomic mass is 9.91. The fraction of sp³-hybridized carbons (Fsp3) is 0.688. The molecule has 780 valence electrons. The molecule has 2 aliphatic carbocycles. The molecule has 3 unspecified atom stereocenters. The smallest absolute Gasteiger partial charge is 0.407 e. The van der Waals surface area contributed by atoms with Gasteiger partial charge in [0, 0.05) is 95.4 Å². The first kappa shape index (κ1) is 127. The van der Waals surface area contributed by atoms with Crippen LogP contribution in [0.1, 0.15) is 384 Å². The second-order valence-corrected chi connectivity index (χ2v) is 36.8. The molecule has 0 bridgehead atoms. The summed E-state index contributed by atoms with van der Waals surface area (Å²) in [5, 5.41) is 26.7. The number of aliphatic carboxylic acids is 2. The van der Waals surface area contributed by atoms with Crippen LogP contribution in [0, 0.1) is 11.8 Å². The zero-order valence-electron chi connectivity index (χ0n) is 85.5. The van der Waals surface area contributed by atoms with Crippen molar-refractivity contribution < 1.29 is 101 Å². The number of hydrogen-bond donors (Lipinski definition) is 5. The predicted molar refractivity (Wildman–Crippen MR) is 560 cm³/mol. The fourth-order valence-electron chi connectivity index (χ4n) is 16.7. The molecular formula is C112H177Br2N3O21. The van der Waals surface area contributed by atoms with Crippen LogP contribution in [0.15, 0.2) is 97.1 Å². The number of alkyl carbamates (subject to hydrolysis) is 2. The van der Waals surface area contributed by atoms with Crippen LogP contribution in [0.3, 0.4) is 0 Å². The van der Waals surface area contributed by atoms with E-state index in [9.17, 15) is 57.8 Å². The van der Waals surface area contributed by atoms with Crippen molar-refractivity contribution in [2.75, 3.05) is 117 Å². The van der Waals surface area contributed by atoms with Gasteiger partial charge in [-0.25, -0.2) is 9.59 Å². The maximum atomic E-state index is 12.4. The lowest BCUT2D eigenvalue weighted by Gasteiger charge is -2.18. The standard InChI is InChI=1S/C41H74BrNO10.C25H48O2.C23H27NO3.C22H25NO6.CH3Br/c1-2-3-4-5-6-7-8-9-10-11-12-13-14-20-38(45)34-36(41(48)49)19-15-16-25-43-40(47)24-29-53-33-31-50-26-17-21-37(44)23-28-52-32-30-51-27-18-22-39(46)35-42;1-4-6-8-9-10-11-12-13-14-15-16-17-19-21-25(27)22-24(23(3)26)20-18-7-5-2;1-3-4-5-14-22(16(2)25)24-23(26)27-15-21-19-12-8-6-10-17(19)18-11-7-9-13-20(18)21;24-21(25)9-11-27-13-14-28-12-10-23-22(26)29-15-20-18-7-3-1-5-16(18)17-6-2-4-8-19(17)20;1-2/h36H,2-35H2,1H3,(H,43,47)(H,48,49);24H,4-22H2,1-3H3;6-13,21-22H,3-5,14-15H2,1-2H3,(H,24,26);1-8,20H,9-15H2,(H,23,26)(H,24,25);1H3. The van der Waals surface area contributed by atoms with E-state index < -0.39 is 36.1 Å². The first-order chi connectivity index (χ1) is 67.2. The number of alkyl halides is 2. The monoisotopic (exact) mass is 2060 g/mol. The Labute approximate surface area is 845 Å². The third-order valence-electron chi connectivity index (χ3n) is 24.7. The number of carbonyl (C=O) groups is 11. The van der Waals surface area contributed by atoms with Crippen LogP contribution in [0.25, 0.3) is 22.3 Å². The number of unbranched alkanes of at least 4 members (excludes halogenated alkanes) is 29. The number of hydrogen-bond acceptors (Lipinski definition) is 19. The summed E-state index contributed by atoms with van der Waals surface area (Å²) in [6, 6.07) is 32.4. The topological polar surface area (TPSA) is 338 Å². The van der Waals surface area contributed by atoms with Gasteiger partial charge >= 0.3 is 24.1 Å². The van der Waals surface area contributed by atoms with Crippen LogP contribution in [0.4, 0.5) is 9.59 Å². The van der Waals surface area contributed by atoms with Gasteiger partial charge in [-0.1, -0.05) is 356 Å². The van der Waals surface area contributed by atoms with Crippen molar-refractivity contribution in [2.24, 2.45) is 11.8 Å². The molecule has 2 aliphatic rings. The molecule has 0 aliphatic heterocycles. The number of nitrogens with one attached hydrogen (secondary N) is 3. The van der Waals surface area contributed by atoms with E-state index in [1.54, 1.807) is 6.92 Å². The minimum Gasteiger partial charge on any atom is -0.481 e. The van der Waals surface area contributed by atoms with Crippen molar-refractivity contribution in [1.82, 2.24) is 16.0 Å². The number of fused-ring (bicyclic) bond motifs is 6. The summed E-state index contributed by atoms with van der Waals surface area (Å²) in [5.74, 6) is 0.0542. The minimum atomic E-state index is -0.921. The van der Waals surface area contributed by atoms with E-state index in [4.69, 9.17) is 43.0 Å². The zero-order valence-corrected chi connectivity index (χ0v) is 88.7. The van der Waals surface area contributed by atoms with Crippen molar-refractivity contribution in [3.05, 3.63) is 119 Å². The van der Waals surface area contributed by atoms with Crippen LogP contribution in [-0.4, -0.2) is 198 Å². The first-order valence-electron chi connectivity index (χ1n) is 52.6. The van der Waals surface area contributed by atoms with Crippen molar-refractivity contribution >= 4 is 96.6 Å². The summed E-state index contributed by atoms with van der Waals surface area (Å²) < 4.78 is 43.2. The molecule has 5 N–H and O–H groups in total. The molecule has 138 heavy (non-hydrogen) atoms. The summed E-state index contributed by atoms with van der Waals surface area (Å²) in [7, 11) is 0. The SMILES string of the molecule is CBr.CCCCCC(NC(=O)OCC1c2ccccc2-c2ccccc21)C(C)=O.CCCCCCCCCCCCCCCC(=O)CC(CCCCC)C(C)=O.CCCCCCCCCCCCCCCC(=O)CC(CCCCNC(=O)CCOCCOCCCC(=O)CCOCCOCCCC(=O)CBr)C(=O)O.O=C(O)CCOCCOCCNC(=O)OCC1c2ccccc2-c2ccccc21. The van der Waals surface area contributed by atoms with E-state index in [2.05, 4.69) is 124 Å². The lowest BCUT2D eigenvalue weighted by Crippen LogP contribution is -2.40. The Balaban J connectivity index is 0.000000648. The highest BCUT2D eigenvalue weighted by molar-refractivity contribution is 9.09. The summed E-state index contributed by atoms with van der Waals surface area (Å²) in [5.41, 5.74) is 9.48. The molecule has 26 heteroatoms. The number of carbonyl (C=O) groups excluding carboxylic acids is 9. The van der Waals surface area contributed by atoms with Crippen molar-refractivity contribution in [2.45, 2.75) is 368 Å². The van der Waals surface area contributed by atoms with Crippen LogP contribution in [0.2, 0.25) is 0 Å². The van der Waals surface area contributed by atoms with E-state index in [0.29, 0.717) is 167 Å². The second kappa shape index (κ2) is 87.4. The van der Waals surface area contributed by atoms with Crippen molar-refractivity contribution in [1.29, 1.82) is 0 Å². The van der Waals surface area contributed by atoms with Gasteiger partial charge < -0.3 is 64.1 Å². The number of rotatable bonds is 83.